The Morgan fingerprint density at radius 3 is 1.95 bits per heavy atom. The Hall–Kier alpha value is -0.410. The molecule has 1 N–H and O–H groups in total. The summed E-state index contributed by atoms with van der Waals surface area (Å²) in [5.74, 6) is 0.385. The van der Waals surface area contributed by atoms with Gasteiger partial charge in [0.25, 0.3) is 0 Å². The van der Waals surface area contributed by atoms with Crippen LogP contribution in [0.5, 0.6) is 0 Å². The van der Waals surface area contributed by atoms with Gasteiger partial charge in [0.15, 0.2) is 0 Å². The molecule has 1 atom stereocenters. The van der Waals surface area contributed by atoms with Crippen molar-refractivity contribution in [1.82, 2.24) is 5.32 Å². The summed E-state index contributed by atoms with van der Waals surface area (Å²) in [6.45, 7) is 17.4. The van der Waals surface area contributed by atoms with Crippen molar-refractivity contribution in [2.24, 2.45) is 11.3 Å². The van der Waals surface area contributed by atoms with E-state index in [0.29, 0.717) is 12.2 Å². The molecule has 0 saturated heterocycles. The molecule has 0 aromatic heterocycles. The van der Waals surface area contributed by atoms with Gasteiger partial charge in [0.2, 0.25) is 0 Å². The van der Waals surface area contributed by atoms with Crippen LogP contribution < -0.4 is 5.32 Å². The molecule has 0 bridgehead atoms. The molecule has 0 fully saturated rings. The van der Waals surface area contributed by atoms with E-state index < -0.39 is 5.60 Å². The van der Waals surface area contributed by atoms with Crippen LogP contribution in [0.15, 0.2) is 0 Å². The number of rotatable bonds is 8. The van der Waals surface area contributed by atoms with Gasteiger partial charge in [0.05, 0.1) is 11.2 Å². The minimum atomic E-state index is -0.427. The third kappa shape index (κ3) is 8.70. The SMILES string of the molecule is CNCC(C)(C)OC(C)(C)CC(=O)C(C)CC(C)(C)C. The highest BCUT2D eigenvalue weighted by atomic mass is 16.5. The predicted molar refractivity (Wildman–Crippen MR) is 86.0 cm³/mol. The number of likely N-dealkylation sites (N-methyl/N-ethyl adjacent to an activating group) is 1. The molecule has 3 nitrogen and oxygen atoms in total. The maximum atomic E-state index is 12.4. The van der Waals surface area contributed by atoms with E-state index in [1.54, 1.807) is 0 Å². The summed E-state index contributed by atoms with van der Waals surface area (Å²) in [5.41, 5.74) is -0.513. The lowest BCUT2D eigenvalue weighted by atomic mass is 9.81. The minimum absolute atomic E-state index is 0.0882. The van der Waals surface area contributed by atoms with Crippen LogP contribution in [-0.2, 0) is 9.53 Å². The van der Waals surface area contributed by atoms with Gasteiger partial charge in [-0.15, -0.1) is 0 Å². The zero-order valence-corrected chi connectivity index (χ0v) is 15.0. The minimum Gasteiger partial charge on any atom is -0.368 e. The highest BCUT2D eigenvalue weighted by molar-refractivity contribution is 5.81. The molecule has 0 aromatic rings. The highest BCUT2D eigenvalue weighted by Gasteiger charge is 2.32. The second-order valence-electron chi connectivity index (χ2n) is 8.46. The van der Waals surface area contributed by atoms with E-state index in [9.17, 15) is 4.79 Å². The number of hydrogen-bond donors (Lipinski definition) is 1. The maximum Gasteiger partial charge on any atom is 0.138 e. The summed E-state index contributed by atoms with van der Waals surface area (Å²) in [6.07, 6.45) is 1.39. The average molecular weight is 285 g/mol. The third-order valence-corrected chi connectivity index (χ3v) is 3.22. The van der Waals surface area contributed by atoms with Crippen LogP contribution in [-0.4, -0.2) is 30.6 Å². The molecule has 20 heavy (non-hydrogen) atoms. The van der Waals surface area contributed by atoms with Crippen LogP contribution in [0.1, 0.15) is 68.2 Å². The smallest absolute Gasteiger partial charge is 0.138 e. The molecule has 0 aliphatic heterocycles. The lowest BCUT2D eigenvalue weighted by Crippen LogP contribution is -2.44. The van der Waals surface area contributed by atoms with E-state index in [2.05, 4.69) is 26.1 Å². The molecule has 1 unspecified atom stereocenters. The molecule has 0 saturated carbocycles. The third-order valence-electron chi connectivity index (χ3n) is 3.22. The number of Topliss-reactive ketones (excluding diaryl/α,β-unsaturated/α-hetero) is 1. The fourth-order valence-electron chi connectivity index (χ4n) is 2.87. The summed E-state index contributed by atoms with van der Waals surface area (Å²) in [6, 6.07) is 0. The molecule has 3 heteroatoms. The fraction of sp³-hybridized carbons (Fsp3) is 0.941. The second-order valence-corrected chi connectivity index (χ2v) is 8.46. The molecular formula is C17H35NO2. The Bertz CT molecular complexity index is 313. The van der Waals surface area contributed by atoms with E-state index in [1.165, 1.54) is 0 Å². The van der Waals surface area contributed by atoms with Gasteiger partial charge in [-0.3, -0.25) is 4.79 Å². The van der Waals surface area contributed by atoms with Gasteiger partial charge in [0, 0.05) is 18.9 Å². The highest BCUT2D eigenvalue weighted by Crippen LogP contribution is 2.29. The van der Waals surface area contributed by atoms with Crippen LogP contribution in [0.25, 0.3) is 0 Å². The van der Waals surface area contributed by atoms with Crippen molar-refractivity contribution in [1.29, 1.82) is 0 Å². The lowest BCUT2D eigenvalue weighted by molar-refractivity contribution is -0.144. The van der Waals surface area contributed by atoms with E-state index in [-0.39, 0.29) is 16.9 Å². The van der Waals surface area contributed by atoms with E-state index in [1.807, 2.05) is 41.7 Å². The van der Waals surface area contributed by atoms with Crippen molar-refractivity contribution >= 4 is 5.78 Å². The number of ether oxygens (including phenoxy) is 1. The quantitative estimate of drug-likeness (QED) is 0.737. The summed E-state index contributed by atoms with van der Waals surface area (Å²) in [7, 11) is 1.91. The molecular weight excluding hydrogens is 250 g/mol. The largest absolute Gasteiger partial charge is 0.368 e. The summed E-state index contributed by atoms with van der Waals surface area (Å²) in [4.78, 5) is 12.4. The average Bonchev–Trinajstić information content (AvgIpc) is 2.10. The molecule has 0 spiro atoms. The van der Waals surface area contributed by atoms with E-state index in [0.717, 1.165) is 13.0 Å². The van der Waals surface area contributed by atoms with Crippen LogP contribution in [0.3, 0.4) is 0 Å². The Balaban J connectivity index is 4.56. The molecule has 0 radical (unpaired) electrons. The van der Waals surface area contributed by atoms with Crippen LogP contribution in [0.2, 0.25) is 0 Å². The van der Waals surface area contributed by atoms with Crippen molar-refractivity contribution in [3.63, 3.8) is 0 Å². The van der Waals surface area contributed by atoms with Gasteiger partial charge < -0.3 is 10.1 Å². The fourth-order valence-corrected chi connectivity index (χ4v) is 2.87. The Labute approximate surface area is 125 Å². The van der Waals surface area contributed by atoms with Crippen molar-refractivity contribution in [2.45, 2.75) is 79.4 Å². The molecule has 0 amide bonds. The van der Waals surface area contributed by atoms with Crippen molar-refractivity contribution in [3.8, 4) is 0 Å². The molecule has 0 rings (SSSR count). The van der Waals surface area contributed by atoms with Crippen molar-refractivity contribution < 1.29 is 9.53 Å². The molecule has 0 aliphatic rings. The zero-order chi connectivity index (χ0) is 16.2. The van der Waals surface area contributed by atoms with Gasteiger partial charge in [-0.2, -0.15) is 0 Å². The molecule has 120 valence electrons. The first-order valence-corrected chi connectivity index (χ1v) is 7.65. The maximum absolute atomic E-state index is 12.4. The first-order chi connectivity index (χ1) is 8.78. The summed E-state index contributed by atoms with van der Waals surface area (Å²) >= 11 is 0. The molecule has 0 aliphatic carbocycles. The van der Waals surface area contributed by atoms with Gasteiger partial charge >= 0.3 is 0 Å². The number of hydrogen-bond acceptors (Lipinski definition) is 3. The van der Waals surface area contributed by atoms with Gasteiger partial charge in [-0.05, 0) is 46.6 Å². The number of carbonyl (C=O) groups is 1. The second kappa shape index (κ2) is 7.04. The first-order valence-electron chi connectivity index (χ1n) is 7.65. The number of nitrogens with one attached hydrogen (secondary N) is 1. The monoisotopic (exact) mass is 285 g/mol. The van der Waals surface area contributed by atoms with E-state index in [4.69, 9.17) is 4.74 Å². The Morgan fingerprint density at radius 2 is 1.55 bits per heavy atom. The van der Waals surface area contributed by atoms with Crippen LogP contribution in [0.4, 0.5) is 0 Å². The van der Waals surface area contributed by atoms with Gasteiger partial charge in [0.1, 0.15) is 5.78 Å². The van der Waals surface area contributed by atoms with Gasteiger partial charge in [-0.1, -0.05) is 27.7 Å². The zero-order valence-electron chi connectivity index (χ0n) is 15.0. The van der Waals surface area contributed by atoms with Crippen molar-refractivity contribution in [2.75, 3.05) is 13.6 Å². The summed E-state index contributed by atoms with van der Waals surface area (Å²) in [5, 5.41) is 3.13. The number of ketones is 1. The Kier molecular flexibility index (Phi) is 6.89. The first kappa shape index (κ1) is 19.6. The summed E-state index contributed by atoms with van der Waals surface area (Å²) < 4.78 is 6.13. The van der Waals surface area contributed by atoms with Crippen LogP contribution >= 0.6 is 0 Å². The van der Waals surface area contributed by atoms with Crippen LogP contribution in [0, 0.1) is 11.3 Å². The molecule has 0 heterocycles. The van der Waals surface area contributed by atoms with Crippen molar-refractivity contribution in [3.05, 3.63) is 0 Å². The Morgan fingerprint density at radius 1 is 1.05 bits per heavy atom. The van der Waals surface area contributed by atoms with E-state index >= 15 is 0 Å². The number of carbonyl (C=O) groups excluding carboxylic acids is 1. The topological polar surface area (TPSA) is 38.3 Å². The van der Waals surface area contributed by atoms with Gasteiger partial charge in [-0.25, -0.2) is 0 Å². The standard InChI is InChI=1S/C17H35NO2/c1-13(10-15(2,3)4)14(19)11-16(5,6)20-17(7,8)12-18-9/h13,18H,10-12H2,1-9H3. The molecule has 0 aromatic carbocycles. The normalized spacial score (nSPS) is 15.2. The predicted octanol–water partition coefficient (Wildman–Crippen LogP) is 3.81. The lowest BCUT2D eigenvalue weighted by Gasteiger charge is -2.36.